The smallest absolute Gasteiger partial charge is 0.251 e. The zero-order chi connectivity index (χ0) is 16.2. The van der Waals surface area contributed by atoms with Crippen molar-refractivity contribution in [3.63, 3.8) is 0 Å². The maximum Gasteiger partial charge on any atom is 0.251 e. The first kappa shape index (κ1) is 16.9. The van der Waals surface area contributed by atoms with E-state index in [1.807, 2.05) is 6.92 Å². The molecule has 3 aliphatic rings. The van der Waals surface area contributed by atoms with Gasteiger partial charge in [-0.25, -0.2) is 5.01 Å². The van der Waals surface area contributed by atoms with E-state index in [-0.39, 0.29) is 18.0 Å². The molecule has 2 saturated heterocycles. The Morgan fingerprint density at radius 3 is 2.83 bits per heavy atom. The van der Waals surface area contributed by atoms with E-state index in [4.69, 9.17) is 4.84 Å². The minimum Gasteiger partial charge on any atom is -0.348 e. The van der Waals surface area contributed by atoms with Crippen molar-refractivity contribution in [1.29, 1.82) is 0 Å². The van der Waals surface area contributed by atoms with Crippen molar-refractivity contribution >= 4 is 5.91 Å². The summed E-state index contributed by atoms with van der Waals surface area (Å²) in [6.07, 6.45) is 7.07. The Hall–Kier alpha value is -0.950. The predicted molar refractivity (Wildman–Crippen MR) is 89.3 cm³/mol. The minimum absolute atomic E-state index is 0.0208. The van der Waals surface area contributed by atoms with E-state index in [0.29, 0.717) is 6.42 Å². The van der Waals surface area contributed by atoms with E-state index in [9.17, 15) is 4.79 Å². The second-order valence-electron chi connectivity index (χ2n) is 7.34. The Labute approximate surface area is 138 Å². The second kappa shape index (κ2) is 7.75. The lowest BCUT2D eigenvalue weighted by Gasteiger charge is -2.26. The number of hydrogen-bond acceptors (Lipinski definition) is 5. The maximum absolute atomic E-state index is 12.3. The van der Waals surface area contributed by atoms with Crippen LogP contribution in [0.1, 0.15) is 45.4 Å². The van der Waals surface area contributed by atoms with E-state index >= 15 is 0 Å². The largest absolute Gasteiger partial charge is 0.348 e. The highest BCUT2D eigenvalue weighted by Crippen LogP contribution is 2.24. The zero-order valence-electron chi connectivity index (χ0n) is 14.1. The van der Waals surface area contributed by atoms with Crippen LogP contribution in [0.15, 0.2) is 12.2 Å². The molecule has 6 heteroatoms. The van der Waals surface area contributed by atoms with Crippen LogP contribution < -0.4 is 16.2 Å². The fourth-order valence-corrected chi connectivity index (χ4v) is 3.78. The number of hydroxylamine groups is 1. The summed E-state index contributed by atoms with van der Waals surface area (Å²) < 4.78 is 0. The number of carbonyl (C=O) groups is 1. The normalized spacial score (nSPS) is 33.0. The quantitative estimate of drug-likeness (QED) is 0.662. The molecule has 1 saturated carbocycles. The summed E-state index contributed by atoms with van der Waals surface area (Å²) in [5, 5.41) is 5.39. The molecule has 0 aromatic rings. The number of carbonyl (C=O) groups excluding carboxylic acids is 1. The number of nitrogens with zero attached hydrogens (tertiary/aromatic N) is 1. The molecule has 3 unspecified atom stereocenters. The van der Waals surface area contributed by atoms with Gasteiger partial charge in [0, 0.05) is 26.1 Å². The van der Waals surface area contributed by atoms with Crippen LogP contribution in [-0.2, 0) is 9.63 Å². The van der Waals surface area contributed by atoms with Gasteiger partial charge in [-0.3, -0.25) is 15.1 Å². The number of nitrogens with one attached hydrogen (secondary N) is 3. The number of hydrazine groups is 1. The average Bonchev–Trinajstić information content (AvgIpc) is 3.18. The molecule has 1 aliphatic carbocycles. The van der Waals surface area contributed by atoms with Crippen LogP contribution in [0.3, 0.4) is 0 Å². The molecule has 2 aliphatic heterocycles. The maximum atomic E-state index is 12.3. The standard InChI is InChI=1S/C17H30N4O2/c1-12(2)15-8-16(23-20-15)17(22)19-14-9-18-21(11-14)10-13-6-4-3-5-7-13/h13-16,18,20H,1,3-11H2,2H3,(H,19,22). The molecule has 130 valence electrons. The second-order valence-corrected chi connectivity index (χ2v) is 7.34. The van der Waals surface area contributed by atoms with Crippen LogP contribution >= 0.6 is 0 Å². The first-order valence-electron chi connectivity index (χ1n) is 8.97. The molecule has 0 aromatic carbocycles. The van der Waals surface area contributed by atoms with Crippen molar-refractivity contribution < 1.29 is 9.63 Å². The third-order valence-electron chi connectivity index (χ3n) is 5.24. The van der Waals surface area contributed by atoms with Gasteiger partial charge in [0.15, 0.2) is 6.10 Å². The molecule has 0 radical (unpaired) electrons. The minimum atomic E-state index is -0.413. The summed E-state index contributed by atoms with van der Waals surface area (Å²) in [5.41, 5.74) is 7.31. The number of hydrogen-bond donors (Lipinski definition) is 3. The summed E-state index contributed by atoms with van der Waals surface area (Å²) in [5.74, 6) is 0.789. The lowest BCUT2D eigenvalue weighted by molar-refractivity contribution is -0.133. The highest BCUT2D eigenvalue weighted by Gasteiger charge is 2.34. The molecular formula is C17H30N4O2. The lowest BCUT2D eigenvalue weighted by Crippen LogP contribution is -2.44. The van der Waals surface area contributed by atoms with Gasteiger partial charge < -0.3 is 5.32 Å². The van der Waals surface area contributed by atoms with Crippen molar-refractivity contribution in [2.45, 2.75) is 63.6 Å². The molecule has 0 bridgehead atoms. The Balaban J connectivity index is 1.39. The van der Waals surface area contributed by atoms with Gasteiger partial charge in [0.05, 0.1) is 12.1 Å². The fourth-order valence-electron chi connectivity index (χ4n) is 3.78. The van der Waals surface area contributed by atoms with Crippen LogP contribution in [-0.4, -0.2) is 48.7 Å². The van der Waals surface area contributed by atoms with Gasteiger partial charge >= 0.3 is 0 Å². The lowest BCUT2D eigenvalue weighted by atomic mass is 9.89. The Morgan fingerprint density at radius 2 is 2.13 bits per heavy atom. The topological polar surface area (TPSA) is 65.6 Å². The monoisotopic (exact) mass is 322 g/mol. The van der Waals surface area contributed by atoms with Crippen molar-refractivity contribution in [2.75, 3.05) is 19.6 Å². The number of amides is 1. The average molecular weight is 322 g/mol. The van der Waals surface area contributed by atoms with Crippen molar-refractivity contribution in [2.24, 2.45) is 5.92 Å². The Bertz CT molecular complexity index is 436. The first-order valence-corrected chi connectivity index (χ1v) is 8.97. The Morgan fingerprint density at radius 1 is 1.35 bits per heavy atom. The summed E-state index contributed by atoms with van der Waals surface area (Å²) >= 11 is 0. The van der Waals surface area contributed by atoms with Gasteiger partial charge in [-0.05, 0) is 25.7 Å². The molecule has 6 nitrogen and oxygen atoms in total. The molecule has 3 fully saturated rings. The molecule has 2 heterocycles. The zero-order valence-corrected chi connectivity index (χ0v) is 14.1. The predicted octanol–water partition coefficient (Wildman–Crippen LogP) is 1.11. The Kier molecular flexibility index (Phi) is 5.69. The van der Waals surface area contributed by atoms with Crippen molar-refractivity contribution in [3.8, 4) is 0 Å². The molecule has 3 N–H and O–H groups in total. The van der Waals surface area contributed by atoms with Gasteiger partial charge in [0.1, 0.15) is 0 Å². The van der Waals surface area contributed by atoms with Gasteiger partial charge in [-0.2, -0.15) is 5.48 Å². The van der Waals surface area contributed by atoms with Crippen LogP contribution in [0, 0.1) is 5.92 Å². The van der Waals surface area contributed by atoms with Crippen LogP contribution in [0.4, 0.5) is 0 Å². The van der Waals surface area contributed by atoms with Gasteiger partial charge in [0.2, 0.25) is 0 Å². The van der Waals surface area contributed by atoms with Crippen LogP contribution in [0.25, 0.3) is 0 Å². The van der Waals surface area contributed by atoms with Gasteiger partial charge in [-0.15, -0.1) is 0 Å². The molecule has 1 amide bonds. The van der Waals surface area contributed by atoms with E-state index in [1.165, 1.54) is 32.1 Å². The number of rotatable bonds is 5. The van der Waals surface area contributed by atoms with Crippen molar-refractivity contribution in [1.82, 2.24) is 21.2 Å². The van der Waals surface area contributed by atoms with E-state index in [1.54, 1.807) is 0 Å². The van der Waals surface area contributed by atoms with E-state index < -0.39 is 6.10 Å². The molecular weight excluding hydrogens is 292 g/mol. The van der Waals surface area contributed by atoms with Gasteiger partial charge in [0.25, 0.3) is 5.91 Å². The fraction of sp³-hybridized carbons (Fsp3) is 0.824. The highest BCUT2D eigenvalue weighted by atomic mass is 16.7. The summed E-state index contributed by atoms with van der Waals surface area (Å²) in [6, 6.07) is 0.244. The van der Waals surface area contributed by atoms with E-state index in [0.717, 1.165) is 31.1 Å². The first-order chi connectivity index (χ1) is 11.1. The van der Waals surface area contributed by atoms with Crippen molar-refractivity contribution in [3.05, 3.63) is 12.2 Å². The summed E-state index contributed by atoms with van der Waals surface area (Å²) in [6.45, 7) is 8.65. The third kappa shape index (κ3) is 4.53. The summed E-state index contributed by atoms with van der Waals surface area (Å²) in [4.78, 5) is 17.7. The SMILES string of the molecule is C=C(C)C1CC(C(=O)NC2CNN(CC3CCCCC3)C2)ON1. The molecule has 0 aromatic heterocycles. The molecule has 3 atom stereocenters. The van der Waals surface area contributed by atoms with Crippen LogP contribution in [0.2, 0.25) is 0 Å². The molecule has 3 rings (SSSR count). The summed E-state index contributed by atoms with van der Waals surface area (Å²) in [7, 11) is 0. The highest BCUT2D eigenvalue weighted by molar-refractivity contribution is 5.81. The third-order valence-corrected chi connectivity index (χ3v) is 5.24. The molecule has 0 spiro atoms. The van der Waals surface area contributed by atoms with E-state index in [2.05, 4.69) is 27.8 Å². The van der Waals surface area contributed by atoms with Crippen LogP contribution in [0.5, 0.6) is 0 Å². The molecule has 23 heavy (non-hydrogen) atoms. The van der Waals surface area contributed by atoms with Gasteiger partial charge in [-0.1, -0.05) is 31.4 Å².